The van der Waals surface area contributed by atoms with Gasteiger partial charge in [0.2, 0.25) is 0 Å². The molecule has 66 valence electrons. The van der Waals surface area contributed by atoms with Crippen LogP contribution >= 0.6 is 0 Å². The molecule has 11 heavy (non-hydrogen) atoms. The van der Waals surface area contributed by atoms with Crippen LogP contribution in [0.5, 0.6) is 0 Å². The highest BCUT2D eigenvalue weighted by Gasteiger charge is 1.92. The summed E-state index contributed by atoms with van der Waals surface area (Å²) in [5.41, 5.74) is 0. The van der Waals surface area contributed by atoms with Gasteiger partial charge in [0.25, 0.3) is 0 Å². The summed E-state index contributed by atoms with van der Waals surface area (Å²) in [6.45, 7) is 10.9. The molecule has 0 aromatic carbocycles. The smallest absolute Gasteiger partial charge is 0.0507 e. The Morgan fingerprint density at radius 3 is 2.64 bits per heavy atom. The second-order valence-electron chi connectivity index (χ2n) is 3.23. The molecule has 0 bridgehead atoms. The highest BCUT2D eigenvalue weighted by atomic mass is 14.9. The Morgan fingerprint density at radius 1 is 1.36 bits per heavy atom. The zero-order valence-corrected chi connectivity index (χ0v) is 7.77. The molecule has 0 aliphatic carbocycles. The minimum Gasteiger partial charge on any atom is -0.315 e. The average molecular weight is 156 g/mol. The maximum absolute atomic E-state index is 3.76. The molecule has 2 nitrogen and oxygen atoms in total. The van der Waals surface area contributed by atoms with E-state index >= 15 is 0 Å². The van der Waals surface area contributed by atoms with Crippen LogP contribution in [0.15, 0.2) is 4.99 Å². The van der Waals surface area contributed by atoms with Crippen molar-refractivity contribution in [2.75, 3.05) is 19.6 Å². The molecule has 0 aliphatic heterocycles. The first-order chi connectivity index (χ1) is 5.27. The van der Waals surface area contributed by atoms with Crippen molar-refractivity contribution < 1.29 is 0 Å². The van der Waals surface area contributed by atoms with E-state index in [1.54, 1.807) is 0 Å². The Balaban J connectivity index is 2.85. The molecule has 0 atom stereocenters. The first-order valence-electron chi connectivity index (χ1n) is 4.40. The van der Waals surface area contributed by atoms with Crippen LogP contribution < -0.4 is 5.32 Å². The summed E-state index contributed by atoms with van der Waals surface area (Å²) >= 11 is 0. The van der Waals surface area contributed by atoms with E-state index in [1.165, 1.54) is 12.8 Å². The third-order valence-corrected chi connectivity index (χ3v) is 1.58. The minimum absolute atomic E-state index is 0.828. The summed E-state index contributed by atoms with van der Waals surface area (Å²) < 4.78 is 0. The Bertz CT molecular complexity index is 89.6. The first kappa shape index (κ1) is 10.6. The van der Waals surface area contributed by atoms with Gasteiger partial charge >= 0.3 is 0 Å². The maximum atomic E-state index is 3.76. The van der Waals surface area contributed by atoms with E-state index in [0.717, 1.165) is 25.6 Å². The van der Waals surface area contributed by atoms with E-state index in [0.29, 0.717) is 0 Å². The molecular weight excluding hydrogens is 136 g/mol. The number of hydrogen-bond acceptors (Lipinski definition) is 2. The molecule has 0 aliphatic rings. The third kappa shape index (κ3) is 9.63. The summed E-state index contributed by atoms with van der Waals surface area (Å²) in [5.74, 6) is 0.828. The van der Waals surface area contributed by atoms with Crippen molar-refractivity contribution in [2.45, 2.75) is 26.7 Å². The summed E-state index contributed by atoms with van der Waals surface area (Å²) in [7, 11) is 0. The molecule has 0 radical (unpaired) electrons. The molecule has 1 N–H and O–H groups in total. The van der Waals surface area contributed by atoms with Crippen molar-refractivity contribution in [3.63, 3.8) is 0 Å². The van der Waals surface area contributed by atoms with Crippen LogP contribution in [-0.4, -0.2) is 26.4 Å². The topological polar surface area (TPSA) is 24.4 Å². The summed E-state index contributed by atoms with van der Waals surface area (Å²) in [4.78, 5) is 3.76. The highest BCUT2D eigenvalue weighted by molar-refractivity contribution is 5.23. The Labute approximate surface area is 70.1 Å². The molecule has 0 amide bonds. The van der Waals surface area contributed by atoms with Gasteiger partial charge in [0, 0.05) is 6.54 Å². The molecule has 2 heteroatoms. The molecule has 0 saturated heterocycles. The van der Waals surface area contributed by atoms with Crippen molar-refractivity contribution >= 4 is 6.72 Å². The van der Waals surface area contributed by atoms with Gasteiger partial charge in [-0.1, -0.05) is 13.8 Å². The lowest BCUT2D eigenvalue weighted by Gasteiger charge is -2.04. The van der Waals surface area contributed by atoms with E-state index in [2.05, 4.69) is 30.9 Å². The van der Waals surface area contributed by atoms with Gasteiger partial charge in [-0.2, -0.15) is 0 Å². The lowest BCUT2D eigenvalue weighted by molar-refractivity contribution is 0.530. The van der Waals surface area contributed by atoms with Crippen molar-refractivity contribution in [1.82, 2.24) is 5.32 Å². The number of rotatable bonds is 7. The summed E-state index contributed by atoms with van der Waals surface area (Å²) in [6, 6.07) is 0. The number of aliphatic imine (C=N–C) groups is 1. The van der Waals surface area contributed by atoms with Gasteiger partial charge in [-0.3, -0.25) is 4.99 Å². The lowest BCUT2D eigenvalue weighted by Crippen LogP contribution is -2.18. The second-order valence-corrected chi connectivity index (χ2v) is 3.23. The van der Waals surface area contributed by atoms with Crippen LogP contribution in [0.4, 0.5) is 0 Å². The standard InChI is InChI=1S/C9H20N2/c1-9(2)5-4-6-11-8-7-10-3/h9,11H,3-8H2,1-2H3. The zero-order valence-electron chi connectivity index (χ0n) is 7.77. The van der Waals surface area contributed by atoms with Crippen LogP contribution in [0.1, 0.15) is 26.7 Å². The molecule has 0 rings (SSSR count). The summed E-state index contributed by atoms with van der Waals surface area (Å²) in [6.07, 6.45) is 2.59. The fraction of sp³-hybridized carbons (Fsp3) is 0.889. The number of nitrogens with zero attached hydrogens (tertiary/aromatic N) is 1. The average Bonchev–Trinajstić information content (AvgIpc) is 1.96. The normalized spacial score (nSPS) is 10.5. The molecule has 0 saturated carbocycles. The molecule has 0 aromatic heterocycles. The van der Waals surface area contributed by atoms with Gasteiger partial charge in [-0.15, -0.1) is 0 Å². The van der Waals surface area contributed by atoms with Gasteiger partial charge < -0.3 is 5.32 Å². The predicted molar refractivity (Wildman–Crippen MR) is 51.4 cm³/mol. The highest BCUT2D eigenvalue weighted by Crippen LogP contribution is 2.01. The molecule has 0 spiro atoms. The Hall–Kier alpha value is -0.370. The van der Waals surface area contributed by atoms with Crippen molar-refractivity contribution in [3.05, 3.63) is 0 Å². The minimum atomic E-state index is 0.828. The van der Waals surface area contributed by atoms with E-state index in [9.17, 15) is 0 Å². The van der Waals surface area contributed by atoms with Crippen LogP contribution in [0.25, 0.3) is 0 Å². The number of nitrogens with one attached hydrogen (secondary N) is 1. The lowest BCUT2D eigenvalue weighted by atomic mass is 10.1. The first-order valence-corrected chi connectivity index (χ1v) is 4.40. The molecule has 0 aromatic rings. The molecule has 0 heterocycles. The van der Waals surface area contributed by atoms with Gasteiger partial charge in [-0.25, -0.2) is 0 Å². The van der Waals surface area contributed by atoms with Crippen molar-refractivity contribution in [3.8, 4) is 0 Å². The summed E-state index contributed by atoms with van der Waals surface area (Å²) in [5, 5.41) is 3.31. The fourth-order valence-electron chi connectivity index (χ4n) is 0.918. The van der Waals surface area contributed by atoms with E-state index in [4.69, 9.17) is 0 Å². The molecular formula is C9H20N2. The van der Waals surface area contributed by atoms with Crippen LogP contribution in [0.2, 0.25) is 0 Å². The molecule has 0 unspecified atom stereocenters. The van der Waals surface area contributed by atoms with E-state index in [-0.39, 0.29) is 0 Å². The van der Waals surface area contributed by atoms with Gasteiger partial charge in [-0.05, 0) is 32.0 Å². The van der Waals surface area contributed by atoms with Crippen LogP contribution in [-0.2, 0) is 0 Å². The van der Waals surface area contributed by atoms with Gasteiger partial charge in [0.15, 0.2) is 0 Å². The van der Waals surface area contributed by atoms with Crippen molar-refractivity contribution in [2.24, 2.45) is 10.9 Å². The predicted octanol–water partition coefficient (Wildman–Crippen LogP) is 1.71. The maximum Gasteiger partial charge on any atom is 0.0507 e. The van der Waals surface area contributed by atoms with E-state index < -0.39 is 0 Å². The monoisotopic (exact) mass is 156 g/mol. The SMILES string of the molecule is C=NCCNCCCC(C)C. The third-order valence-electron chi connectivity index (χ3n) is 1.58. The van der Waals surface area contributed by atoms with Crippen LogP contribution in [0.3, 0.4) is 0 Å². The quantitative estimate of drug-likeness (QED) is 0.440. The van der Waals surface area contributed by atoms with Crippen molar-refractivity contribution in [1.29, 1.82) is 0 Å². The Morgan fingerprint density at radius 2 is 2.09 bits per heavy atom. The zero-order chi connectivity index (χ0) is 8.53. The van der Waals surface area contributed by atoms with Gasteiger partial charge in [0.1, 0.15) is 0 Å². The largest absolute Gasteiger partial charge is 0.315 e. The molecule has 0 fully saturated rings. The fourth-order valence-corrected chi connectivity index (χ4v) is 0.918. The second kappa shape index (κ2) is 7.73. The van der Waals surface area contributed by atoms with Crippen LogP contribution in [0, 0.1) is 5.92 Å². The Kier molecular flexibility index (Phi) is 7.47. The van der Waals surface area contributed by atoms with Gasteiger partial charge in [0.05, 0.1) is 6.54 Å². The van der Waals surface area contributed by atoms with E-state index in [1.807, 2.05) is 0 Å². The number of hydrogen-bond donors (Lipinski definition) is 1.